The van der Waals surface area contributed by atoms with Gasteiger partial charge in [0.2, 0.25) is 10.0 Å². The van der Waals surface area contributed by atoms with E-state index in [-0.39, 0.29) is 10.8 Å². The van der Waals surface area contributed by atoms with Crippen LogP contribution in [-0.2, 0) is 10.0 Å². The van der Waals surface area contributed by atoms with Crippen LogP contribution >= 0.6 is 11.8 Å². The number of amides is 1. The molecule has 0 bridgehead atoms. The van der Waals surface area contributed by atoms with Crippen LogP contribution in [0.5, 0.6) is 0 Å². The van der Waals surface area contributed by atoms with Gasteiger partial charge in [0.05, 0.1) is 10.6 Å². The van der Waals surface area contributed by atoms with E-state index in [1.54, 1.807) is 24.8 Å². The standard InChI is InChI=1S/C22H22N2O3S2/c1-16-13-14-18(29(26,27)24(2)3)15-19(16)22(25)23-20-11-7-8-12-21(20)28-17-9-5-4-6-10-17/h4-15H,1-3H3,(H,23,25). The molecule has 150 valence electrons. The van der Waals surface area contributed by atoms with Crippen molar-refractivity contribution in [1.82, 2.24) is 4.31 Å². The summed E-state index contributed by atoms with van der Waals surface area (Å²) in [5.41, 5.74) is 1.70. The van der Waals surface area contributed by atoms with Crippen LogP contribution in [0, 0.1) is 6.92 Å². The fourth-order valence-corrected chi connectivity index (χ4v) is 4.53. The molecule has 0 heterocycles. The summed E-state index contributed by atoms with van der Waals surface area (Å²) in [6.07, 6.45) is 0. The van der Waals surface area contributed by atoms with E-state index >= 15 is 0 Å². The predicted octanol–water partition coefficient (Wildman–Crippen LogP) is 4.65. The maximum atomic E-state index is 13.0. The zero-order valence-electron chi connectivity index (χ0n) is 16.4. The monoisotopic (exact) mass is 426 g/mol. The number of sulfonamides is 1. The summed E-state index contributed by atoms with van der Waals surface area (Å²) in [6, 6.07) is 22.0. The summed E-state index contributed by atoms with van der Waals surface area (Å²) >= 11 is 1.55. The van der Waals surface area contributed by atoms with Gasteiger partial charge in [-0.25, -0.2) is 12.7 Å². The number of nitrogens with zero attached hydrogens (tertiary/aromatic N) is 1. The molecule has 0 aliphatic carbocycles. The average Bonchev–Trinajstić information content (AvgIpc) is 2.70. The Hall–Kier alpha value is -2.61. The number of carbonyl (C=O) groups excluding carboxylic acids is 1. The van der Waals surface area contributed by atoms with E-state index in [1.807, 2.05) is 54.6 Å². The van der Waals surface area contributed by atoms with E-state index in [0.29, 0.717) is 16.8 Å². The molecule has 0 fully saturated rings. The van der Waals surface area contributed by atoms with Crippen molar-refractivity contribution in [3.63, 3.8) is 0 Å². The van der Waals surface area contributed by atoms with Crippen molar-refractivity contribution in [3.05, 3.63) is 83.9 Å². The van der Waals surface area contributed by atoms with Crippen molar-refractivity contribution in [2.75, 3.05) is 19.4 Å². The summed E-state index contributed by atoms with van der Waals surface area (Å²) in [5, 5.41) is 2.93. The minimum atomic E-state index is -3.62. The van der Waals surface area contributed by atoms with Gasteiger partial charge in [0.1, 0.15) is 0 Å². The molecule has 3 aromatic carbocycles. The van der Waals surface area contributed by atoms with Crippen LogP contribution in [0.25, 0.3) is 0 Å². The van der Waals surface area contributed by atoms with Gasteiger partial charge in [-0.05, 0) is 48.9 Å². The molecular weight excluding hydrogens is 404 g/mol. The van der Waals surface area contributed by atoms with Crippen molar-refractivity contribution in [3.8, 4) is 0 Å². The molecule has 0 radical (unpaired) electrons. The van der Waals surface area contributed by atoms with Crippen LogP contribution in [0.3, 0.4) is 0 Å². The molecule has 7 heteroatoms. The molecular formula is C22H22N2O3S2. The number of hydrogen-bond donors (Lipinski definition) is 1. The third kappa shape index (κ3) is 4.87. The van der Waals surface area contributed by atoms with Gasteiger partial charge in [0.15, 0.2) is 0 Å². The Morgan fingerprint density at radius 2 is 1.59 bits per heavy atom. The van der Waals surface area contributed by atoms with Gasteiger partial charge >= 0.3 is 0 Å². The van der Waals surface area contributed by atoms with Gasteiger partial charge in [-0.15, -0.1) is 0 Å². The van der Waals surface area contributed by atoms with Crippen LogP contribution in [0.15, 0.2) is 87.5 Å². The second kappa shape index (κ2) is 8.82. The zero-order valence-corrected chi connectivity index (χ0v) is 18.0. The Kier molecular flexibility index (Phi) is 6.42. The van der Waals surface area contributed by atoms with Crippen molar-refractivity contribution in [2.45, 2.75) is 21.6 Å². The molecule has 0 aliphatic heterocycles. The van der Waals surface area contributed by atoms with Crippen molar-refractivity contribution < 1.29 is 13.2 Å². The summed E-state index contributed by atoms with van der Waals surface area (Å²) in [7, 11) is -0.694. The average molecular weight is 427 g/mol. The van der Waals surface area contributed by atoms with Crippen LogP contribution < -0.4 is 5.32 Å². The highest BCUT2D eigenvalue weighted by Crippen LogP contribution is 2.33. The number of anilines is 1. The molecule has 0 unspecified atom stereocenters. The number of aryl methyl sites for hydroxylation is 1. The summed E-state index contributed by atoms with van der Waals surface area (Å²) < 4.78 is 26.0. The first-order chi connectivity index (χ1) is 13.8. The lowest BCUT2D eigenvalue weighted by Gasteiger charge is -2.15. The van der Waals surface area contributed by atoms with Gasteiger partial charge in [-0.1, -0.05) is 48.2 Å². The van der Waals surface area contributed by atoms with Crippen molar-refractivity contribution in [2.24, 2.45) is 0 Å². The molecule has 0 saturated heterocycles. The summed E-state index contributed by atoms with van der Waals surface area (Å²) in [5.74, 6) is -0.348. The lowest BCUT2D eigenvalue weighted by Crippen LogP contribution is -2.23. The Labute approximate surface area is 175 Å². The van der Waals surface area contributed by atoms with Crippen molar-refractivity contribution >= 4 is 33.4 Å². The lowest BCUT2D eigenvalue weighted by molar-refractivity contribution is 0.102. The van der Waals surface area contributed by atoms with E-state index < -0.39 is 10.0 Å². The summed E-state index contributed by atoms with van der Waals surface area (Å²) in [6.45, 7) is 1.78. The number of benzene rings is 3. The Morgan fingerprint density at radius 3 is 2.28 bits per heavy atom. The van der Waals surface area contributed by atoms with Crippen LogP contribution in [0.2, 0.25) is 0 Å². The van der Waals surface area contributed by atoms with E-state index in [0.717, 1.165) is 14.1 Å². The van der Waals surface area contributed by atoms with E-state index in [4.69, 9.17) is 0 Å². The number of carbonyl (C=O) groups is 1. The van der Waals surface area contributed by atoms with Crippen LogP contribution in [-0.4, -0.2) is 32.7 Å². The molecule has 3 aromatic rings. The molecule has 0 spiro atoms. The molecule has 5 nitrogen and oxygen atoms in total. The molecule has 0 aromatic heterocycles. The molecule has 29 heavy (non-hydrogen) atoms. The third-order valence-electron chi connectivity index (χ3n) is 4.34. The molecule has 0 atom stereocenters. The van der Waals surface area contributed by atoms with Gasteiger partial charge < -0.3 is 5.32 Å². The van der Waals surface area contributed by atoms with Gasteiger partial charge in [-0.3, -0.25) is 4.79 Å². The Morgan fingerprint density at radius 1 is 0.931 bits per heavy atom. The second-order valence-electron chi connectivity index (χ2n) is 6.63. The molecule has 1 N–H and O–H groups in total. The highest BCUT2D eigenvalue weighted by atomic mass is 32.2. The fourth-order valence-electron chi connectivity index (χ4n) is 2.68. The maximum Gasteiger partial charge on any atom is 0.256 e. The number of rotatable bonds is 6. The maximum absolute atomic E-state index is 13.0. The number of nitrogens with one attached hydrogen (secondary N) is 1. The third-order valence-corrected chi connectivity index (χ3v) is 7.23. The Bertz CT molecular complexity index is 1130. The van der Waals surface area contributed by atoms with Gasteiger partial charge in [-0.2, -0.15) is 0 Å². The highest BCUT2D eigenvalue weighted by Gasteiger charge is 2.20. The smallest absolute Gasteiger partial charge is 0.256 e. The molecule has 1 amide bonds. The molecule has 0 saturated carbocycles. The first-order valence-electron chi connectivity index (χ1n) is 8.95. The highest BCUT2D eigenvalue weighted by molar-refractivity contribution is 7.99. The normalized spacial score (nSPS) is 11.4. The van der Waals surface area contributed by atoms with Crippen molar-refractivity contribution in [1.29, 1.82) is 0 Å². The van der Waals surface area contributed by atoms with E-state index in [2.05, 4.69) is 5.32 Å². The van der Waals surface area contributed by atoms with Crippen LogP contribution in [0.4, 0.5) is 5.69 Å². The second-order valence-corrected chi connectivity index (χ2v) is 9.90. The SMILES string of the molecule is Cc1ccc(S(=O)(=O)N(C)C)cc1C(=O)Nc1ccccc1Sc1ccccc1. The fraction of sp³-hybridized carbons (Fsp3) is 0.136. The minimum absolute atomic E-state index is 0.0881. The minimum Gasteiger partial charge on any atom is -0.321 e. The summed E-state index contributed by atoms with van der Waals surface area (Å²) in [4.78, 5) is 15.0. The van der Waals surface area contributed by atoms with E-state index in [9.17, 15) is 13.2 Å². The number of para-hydroxylation sites is 1. The van der Waals surface area contributed by atoms with Gasteiger partial charge in [0.25, 0.3) is 5.91 Å². The topological polar surface area (TPSA) is 66.5 Å². The zero-order chi connectivity index (χ0) is 21.0. The first-order valence-corrected chi connectivity index (χ1v) is 11.2. The first kappa shape index (κ1) is 21.1. The quantitative estimate of drug-likeness (QED) is 0.623. The molecule has 3 rings (SSSR count). The van der Waals surface area contributed by atoms with E-state index in [1.165, 1.54) is 26.2 Å². The largest absolute Gasteiger partial charge is 0.321 e. The predicted molar refractivity (Wildman–Crippen MR) is 117 cm³/mol. The van der Waals surface area contributed by atoms with Gasteiger partial charge in [0, 0.05) is 29.4 Å². The lowest BCUT2D eigenvalue weighted by atomic mass is 10.1. The van der Waals surface area contributed by atoms with Crippen LogP contribution in [0.1, 0.15) is 15.9 Å². The Balaban J connectivity index is 1.90. The number of hydrogen-bond acceptors (Lipinski definition) is 4. The molecule has 0 aliphatic rings.